The molecule has 0 aliphatic carbocycles. The number of hydrogen-bond acceptors (Lipinski definition) is 6. The number of carboxylic acid groups (broad SMARTS) is 2. The normalized spacial score (nSPS) is 18.6. The first kappa shape index (κ1) is 27.9. The number of nitrogens with zero attached hydrogens (tertiary/aromatic N) is 2. The summed E-state index contributed by atoms with van der Waals surface area (Å²) in [4.78, 5) is 36.3. The molecular formula is C28H34N2O7. The number of aryl methyl sites for hydroxylation is 1. The number of morpholine rings is 1. The topological polar surface area (TPSA) is 117 Å². The highest BCUT2D eigenvalue weighted by molar-refractivity contribution is 5.89. The van der Waals surface area contributed by atoms with Gasteiger partial charge in [-0.15, -0.1) is 0 Å². The molecule has 1 amide bonds. The van der Waals surface area contributed by atoms with Gasteiger partial charge < -0.3 is 19.7 Å². The maximum atomic E-state index is 12.7. The maximum absolute atomic E-state index is 12.7. The van der Waals surface area contributed by atoms with Gasteiger partial charge in [-0.2, -0.15) is 0 Å². The summed E-state index contributed by atoms with van der Waals surface area (Å²) < 4.78 is 11.0. The molecule has 9 nitrogen and oxygen atoms in total. The zero-order valence-corrected chi connectivity index (χ0v) is 20.8. The Hall–Kier alpha value is -3.69. The Morgan fingerprint density at radius 1 is 0.946 bits per heavy atom. The lowest BCUT2D eigenvalue weighted by atomic mass is 9.98. The molecule has 2 N–H and O–H groups in total. The second kappa shape index (κ2) is 14.8. The fraction of sp³-hybridized carbons (Fsp3) is 0.393. The number of rotatable bonds is 10. The van der Waals surface area contributed by atoms with E-state index in [2.05, 4.69) is 53.4 Å². The van der Waals surface area contributed by atoms with Crippen molar-refractivity contribution >= 4 is 18.0 Å². The zero-order valence-electron chi connectivity index (χ0n) is 20.8. The highest BCUT2D eigenvalue weighted by atomic mass is 16.6. The summed E-state index contributed by atoms with van der Waals surface area (Å²) in [5, 5.41) is 15.6. The van der Waals surface area contributed by atoms with Gasteiger partial charge in [0.25, 0.3) is 0 Å². The molecule has 2 aromatic carbocycles. The molecule has 2 unspecified atom stereocenters. The molecule has 0 saturated carbocycles. The number of cyclic esters (lactones) is 1. The maximum Gasteiger partial charge on any atom is 0.410 e. The quantitative estimate of drug-likeness (QED) is 0.466. The Balaban J connectivity index is 0.000000414. The average Bonchev–Trinajstić information content (AvgIpc) is 3.28. The van der Waals surface area contributed by atoms with Gasteiger partial charge >= 0.3 is 18.0 Å². The number of hydrogen-bond donors (Lipinski definition) is 2. The van der Waals surface area contributed by atoms with Gasteiger partial charge in [0.1, 0.15) is 6.61 Å². The fourth-order valence-corrected chi connectivity index (χ4v) is 4.47. The van der Waals surface area contributed by atoms with E-state index in [0.29, 0.717) is 18.8 Å². The van der Waals surface area contributed by atoms with Crippen molar-refractivity contribution < 1.29 is 34.1 Å². The highest BCUT2D eigenvalue weighted by Gasteiger charge is 2.38. The van der Waals surface area contributed by atoms with Crippen LogP contribution in [0, 0.1) is 0 Å². The third-order valence-electron chi connectivity index (χ3n) is 6.32. The second-order valence-corrected chi connectivity index (χ2v) is 8.84. The molecular weight excluding hydrogens is 476 g/mol. The molecule has 2 aliphatic heterocycles. The van der Waals surface area contributed by atoms with E-state index in [9.17, 15) is 14.4 Å². The summed E-state index contributed by atoms with van der Waals surface area (Å²) >= 11 is 0. The van der Waals surface area contributed by atoms with Gasteiger partial charge in [0, 0.05) is 31.8 Å². The second-order valence-electron chi connectivity index (χ2n) is 8.84. The summed E-state index contributed by atoms with van der Waals surface area (Å²) in [6, 6.07) is 21.0. The molecule has 2 aliphatic rings. The van der Waals surface area contributed by atoms with E-state index >= 15 is 0 Å². The van der Waals surface area contributed by atoms with E-state index in [1.54, 1.807) is 0 Å². The van der Waals surface area contributed by atoms with Crippen LogP contribution in [0.15, 0.2) is 72.8 Å². The smallest absolute Gasteiger partial charge is 0.410 e. The highest BCUT2D eigenvalue weighted by Crippen LogP contribution is 2.32. The molecule has 0 spiro atoms. The predicted octanol–water partition coefficient (Wildman–Crippen LogP) is 3.62. The number of aliphatic carboxylic acids is 2. The molecule has 2 aromatic rings. The van der Waals surface area contributed by atoms with Crippen LogP contribution < -0.4 is 0 Å². The van der Waals surface area contributed by atoms with E-state index in [1.807, 2.05) is 17.0 Å². The Kier molecular flexibility index (Phi) is 11.1. The molecule has 0 aromatic heterocycles. The minimum absolute atomic E-state index is 0.0369. The summed E-state index contributed by atoms with van der Waals surface area (Å²) in [6.45, 7) is 4.94. The number of benzene rings is 2. The minimum atomic E-state index is -1.26. The van der Waals surface area contributed by atoms with Gasteiger partial charge in [0.05, 0.1) is 25.3 Å². The molecule has 37 heavy (non-hydrogen) atoms. The van der Waals surface area contributed by atoms with Crippen LogP contribution in [0.4, 0.5) is 4.79 Å². The lowest BCUT2D eigenvalue weighted by molar-refractivity contribution is -0.134. The van der Waals surface area contributed by atoms with Crippen LogP contribution in [0.25, 0.3) is 0 Å². The van der Waals surface area contributed by atoms with E-state index in [1.165, 1.54) is 11.1 Å². The van der Waals surface area contributed by atoms with Crippen molar-refractivity contribution in [2.75, 3.05) is 39.5 Å². The first-order chi connectivity index (χ1) is 17.9. The largest absolute Gasteiger partial charge is 0.478 e. The molecule has 2 heterocycles. The predicted molar refractivity (Wildman–Crippen MR) is 137 cm³/mol. The first-order valence-electron chi connectivity index (χ1n) is 12.4. The average molecular weight is 511 g/mol. The summed E-state index contributed by atoms with van der Waals surface area (Å²) in [7, 11) is 0. The molecule has 0 bridgehead atoms. The van der Waals surface area contributed by atoms with Gasteiger partial charge in [-0.05, 0) is 30.4 Å². The van der Waals surface area contributed by atoms with Crippen LogP contribution in [0.1, 0.15) is 30.0 Å². The van der Waals surface area contributed by atoms with E-state index < -0.39 is 11.9 Å². The summed E-state index contributed by atoms with van der Waals surface area (Å²) in [5.41, 5.74) is 2.49. The number of carbonyl (C=O) groups is 3. The van der Waals surface area contributed by atoms with Crippen LogP contribution in [0.3, 0.4) is 0 Å². The van der Waals surface area contributed by atoms with Crippen molar-refractivity contribution in [2.24, 2.45) is 0 Å². The van der Waals surface area contributed by atoms with Crippen LogP contribution in [-0.2, 0) is 25.5 Å². The lowest BCUT2D eigenvalue weighted by Gasteiger charge is -2.34. The first-order valence-corrected chi connectivity index (χ1v) is 12.4. The fourth-order valence-electron chi connectivity index (χ4n) is 4.47. The molecule has 2 saturated heterocycles. The Bertz CT molecular complexity index is 1010. The van der Waals surface area contributed by atoms with Crippen molar-refractivity contribution in [2.45, 2.75) is 31.3 Å². The van der Waals surface area contributed by atoms with E-state index in [0.717, 1.165) is 52.1 Å². The monoisotopic (exact) mass is 510 g/mol. The van der Waals surface area contributed by atoms with Gasteiger partial charge in [-0.25, -0.2) is 14.4 Å². The van der Waals surface area contributed by atoms with Gasteiger partial charge in [-0.3, -0.25) is 9.80 Å². The van der Waals surface area contributed by atoms with Crippen molar-refractivity contribution in [1.82, 2.24) is 9.80 Å². The van der Waals surface area contributed by atoms with Crippen LogP contribution >= 0.6 is 0 Å². The molecule has 198 valence electrons. The van der Waals surface area contributed by atoms with Crippen molar-refractivity contribution in [3.63, 3.8) is 0 Å². The van der Waals surface area contributed by atoms with Crippen LogP contribution in [0.2, 0.25) is 0 Å². The molecule has 2 atom stereocenters. The van der Waals surface area contributed by atoms with Gasteiger partial charge in [0.15, 0.2) is 0 Å². The number of ether oxygens (including phenoxy) is 2. The van der Waals surface area contributed by atoms with Crippen LogP contribution in [-0.4, -0.2) is 83.5 Å². The molecule has 4 rings (SSSR count). The van der Waals surface area contributed by atoms with Crippen LogP contribution in [0.5, 0.6) is 0 Å². The number of amides is 1. The summed E-state index contributed by atoms with van der Waals surface area (Å²) in [6.07, 6.45) is 3.70. The molecule has 9 heteroatoms. The van der Waals surface area contributed by atoms with Gasteiger partial charge in [0.2, 0.25) is 0 Å². The van der Waals surface area contributed by atoms with Gasteiger partial charge in [-0.1, -0.05) is 60.7 Å². The number of carboxylic acids is 2. The molecule has 0 radical (unpaired) electrons. The third kappa shape index (κ3) is 9.36. The lowest BCUT2D eigenvalue weighted by Crippen LogP contribution is -2.41. The third-order valence-corrected chi connectivity index (χ3v) is 6.32. The van der Waals surface area contributed by atoms with E-state index in [-0.39, 0.29) is 18.2 Å². The number of carbonyl (C=O) groups excluding carboxylic acids is 1. The Morgan fingerprint density at radius 3 is 2.14 bits per heavy atom. The van der Waals surface area contributed by atoms with Crippen molar-refractivity contribution in [3.8, 4) is 0 Å². The van der Waals surface area contributed by atoms with E-state index in [4.69, 9.17) is 19.7 Å². The standard InChI is InChI=1S/C24H30N2O3.C4H4O4/c27-24-26(22(19-29-24)12-11-20-7-3-1-4-8-20)23(21-9-5-2-6-10-21)13-14-25-15-17-28-18-16-25;5-3(6)1-2-4(7)8/h1-10,22-23H,11-19H2;1-2H,(H,5,6)(H,7,8)/b;2-1+. The van der Waals surface area contributed by atoms with Crippen molar-refractivity contribution in [3.05, 3.63) is 83.9 Å². The van der Waals surface area contributed by atoms with Crippen molar-refractivity contribution in [1.29, 1.82) is 0 Å². The SMILES string of the molecule is O=C(O)/C=C/C(=O)O.O=C1OCC(CCc2ccccc2)N1C(CCN1CCOCC1)c1ccccc1. The Labute approximate surface area is 216 Å². The Morgan fingerprint density at radius 2 is 1.54 bits per heavy atom. The zero-order chi connectivity index (χ0) is 26.5. The molecule has 2 fully saturated rings. The summed E-state index contributed by atoms with van der Waals surface area (Å²) in [5.74, 6) is -2.51. The minimum Gasteiger partial charge on any atom is -0.478 e.